The SMILES string of the molecule is Cc1cccc(-c2n[nH]c(=S)n2CC(=O)NCCCN2CCN(Cc3ccccc3)CC2)c1. The summed E-state index contributed by atoms with van der Waals surface area (Å²) in [5.41, 5.74) is 3.46. The van der Waals surface area contributed by atoms with Gasteiger partial charge in [0.05, 0.1) is 0 Å². The second-order valence-electron chi connectivity index (χ2n) is 8.61. The molecule has 3 aromatic rings. The standard InChI is InChI=1S/C25H32N6OS/c1-20-7-5-10-22(17-20)24-27-28-25(33)31(24)19-23(32)26-11-6-12-29-13-15-30(16-14-29)18-21-8-3-2-4-9-21/h2-5,7-10,17H,6,11-16,18-19H2,1H3,(H,26,32)(H,28,33). The predicted octanol–water partition coefficient (Wildman–Crippen LogP) is 3.24. The number of amides is 1. The van der Waals surface area contributed by atoms with E-state index in [1.54, 1.807) is 4.57 Å². The molecule has 2 heterocycles. The van der Waals surface area contributed by atoms with Crippen molar-refractivity contribution in [3.63, 3.8) is 0 Å². The Kier molecular flexibility index (Phi) is 8.04. The minimum Gasteiger partial charge on any atom is -0.355 e. The largest absolute Gasteiger partial charge is 0.355 e. The minimum atomic E-state index is -0.0471. The Balaban J connectivity index is 1.18. The van der Waals surface area contributed by atoms with Gasteiger partial charge in [0.1, 0.15) is 6.54 Å². The van der Waals surface area contributed by atoms with E-state index in [1.165, 1.54) is 5.56 Å². The fraction of sp³-hybridized carbons (Fsp3) is 0.400. The molecular formula is C25H32N6OS. The molecule has 1 aliphatic heterocycles. The van der Waals surface area contributed by atoms with E-state index < -0.39 is 0 Å². The molecule has 0 aliphatic carbocycles. The normalized spacial score (nSPS) is 14.9. The lowest BCUT2D eigenvalue weighted by Gasteiger charge is -2.34. The number of nitrogens with zero attached hydrogens (tertiary/aromatic N) is 4. The van der Waals surface area contributed by atoms with E-state index in [0.29, 0.717) is 17.1 Å². The summed E-state index contributed by atoms with van der Waals surface area (Å²) in [5.74, 6) is 0.640. The Morgan fingerprint density at radius 1 is 1.06 bits per heavy atom. The van der Waals surface area contributed by atoms with Crippen LogP contribution in [0.4, 0.5) is 0 Å². The fourth-order valence-corrected chi connectivity index (χ4v) is 4.41. The number of benzene rings is 2. The van der Waals surface area contributed by atoms with Gasteiger partial charge in [-0.1, -0.05) is 54.1 Å². The van der Waals surface area contributed by atoms with Crippen molar-refractivity contribution in [2.24, 2.45) is 0 Å². The summed E-state index contributed by atoms with van der Waals surface area (Å²) in [5, 5.41) is 10.2. The van der Waals surface area contributed by atoms with Gasteiger partial charge in [0.25, 0.3) is 0 Å². The molecule has 2 aromatic carbocycles. The van der Waals surface area contributed by atoms with Crippen molar-refractivity contribution in [1.82, 2.24) is 29.9 Å². The molecule has 4 rings (SSSR count). The second kappa shape index (κ2) is 11.4. The van der Waals surface area contributed by atoms with Crippen molar-refractivity contribution in [3.8, 4) is 11.4 Å². The van der Waals surface area contributed by atoms with Crippen LogP contribution in [0.3, 0.4) is 0 Å². The summed E-state index contributed by atoms with van der Waals surface area (Å²) in [7, 11) is 0. The van der Waals surface area contributed by atoms with Gasteiger partial charge in [-0.3, -0.25) is 19.4 Å². The molecule has 0 unspecified atom stereocenters. The first-order chi connectivity index (χ1) is 16.1. The van der Waals surface area contributed by atoms with Gasteiger partial charge in [-0.25, -0.2) is 0 Å². The van der Waals surface area contributed by atoms with Crippen molar-refractivity contribution in [3.05, 3.63) is 70.5 Å². The number of rotatable bonds is 9. The molecule has 8 heteroatoms. The predicted molar refractivity (Wildman–Crippen MR) is 133 cm³/mol. The van der Waals surface area contributed by atoms with Crippen molar-refractivity contribution >= 4 is 18.1 Å². The summed E-state index contributed by atoms with van der Waals surface area (Å²) in [6.45, 7) is 9.19. The van der Waals surface area contributed by atoms with Crippen LogP contribution in [0.1, 0.15) is 17.5 Å². The number of aromatic nitrogens is 3. The van der Waals surface area contributed by atoms with E-state index >= 15 is 0 Å². The number of hydrogen-bond acceptors (Lipinski definition) is 5. The number of aryl methyl sites for hydroxylation is 1. The molecule has 174 valence electrons. The van der Waals surface area contributed by atoms with Gasteiger partial charge in [-0.2, -0.15) is 5.10 Å². The van der Waals surface area contributed by atoms with Crippen LogP contribution in [0, 0.1) is 11.7 Å². The van der Waals surface area contributed by atoms with E-state index in [0.717, 1.165) is 56.8 Å². The van der Waals surface area contributed by atoms with Crippen LogP contribution in [-0.4, -0.2) is 69.7 Å². The molecule has 1 saturated heterocycles. The van der Waals surface area contributed by atoms with Crippen molar-refractivity contribution in [2.75, 3.05) is 39.3 Å². The second-order valence-corrected chi connectivity index (χ2v) is 9.00. The number of carbonyl (C=O) groups is 1. The highest BCUT2D eigenvalue weighted by molar-refractivity contribution is 7.71. The summed E-state index contributed by atoms with van der Waals surface area (Å²) >= 11 is 5.35. The van der Waals surface area contributed by atoms with Gasteiger partial charge in [0.2, 0.25) is 5.91 Å². The number of carbonyl (C=O) groups excluding carboxylic acids is 1. The first-order valence-electron chi connectivity index (χ1n) is 11.6. The lowest BCUT2D eigenvalue weighted by atomic mass is 10.1. The summed E-state index contributed by atoms with van der Waals surface area (Å²) in [6, 6.07) is 18.7. The Bertz CT molecular complexity index is 1100. The average molecular weight is 465 g/mol. The maximum Gasteiger partial charge on any atom is 0.240 e. The molecule has 33 heavy (non-hydrogen) atoms. The molecule has 1 fully saturated rings. The zero-order chi connectivity index (χ0) is 23.0. The van der Waals surface area contributed by atoms with E-state index in [4.69, 9.17) is 12.2 Å². The topological polar surface area (TPSA) is 69.2 Å². The van der Waals surface area contributed by atoms with Gasteiger partial charge < -0.3 is 10.2 Å². The number of piperazine rings is 1. The van der Waals surface area contributed by atoms with E-state index in [1.807, 2.05) is 31.2 Å². The van der Waals surface area contributed by atoms with Crippen molar-refractivity contribution in [1.29, 1.82) is 0 Å². The Morgan fingerprint density at radius 3 is 2.58 bits per heavy atom. The van der Waals surface area contributed by atoms with Crippen LogP contribution < -0.4 is 5.32 Å². The maximum absolute atomic E-state index is 12.5. The third kappa shape index (κ3) is 6.60. The Labute approximate surface area is 200 Å². The Morgan fingerprint density at radius 2 is 1.82 bits per heavy atom. The molecule has 1 aliphatic rings. The molecular weight excluding hydrogens is 432 g/mol. The van der Waals surface area contributed by atoms with E-state index in [9.17, 15) is 4.79 Å². The third-order valence-electron chi connectivity index (χ3n) is 6.02. The van der Waals surface area contributed by atoms with Gasteiger partial charge in [0, 0.05) is 44.8 Å². The van der Waals surface area contributed by atoms with E-state index in [2.05, 4.69) is 55.6 Å². The molecule has 7 nitrogen and oxygen atoms in total. The summed E-state index contributed by atoms with van der Waals surface area (Å²) < 4.78 is 2.21. The molecule has 0 radical (unpaired) electrons. The fourth-order valence-electron chi connectivity index (χ4n) is 4.21. The highest BCUT2D eigenvalue weighted by Crippen LogP contribution is 2.18. The molecule has 0 bridgehead atoms. The van der Waals surface area contributed by atoms with Gasteiger partial charge in [-0.05, 0) is 43.7 Å². The zero-order valence-electron chi connectivity index (χ0n) is 19.2. The van der Waals surface area contributed by atoms with Crippen LogP contribution in [0.5, 0.6) is 0 Å². The molecule has 0 spiro atoms. The zero-order valence-corrected chi connectivity index (χ0v) is 20.0. The van der Waals surface area contributed by atoms with Crippen molar-refractivity contribution < 1.29 is 4.79 Å². The molecule has 0 atom stereocenters. The van der Waals surface area contributed by atoms with E-state index in [-0.39, 0.29) is 12.5 Å². The lowest BCUT2D eigenvalue weighted by Crippen LogP contribution is -2.46. The number of H-pyrrole nitrogens is 1. The lowest BCUT2D eigenvalue weighted by molar-refractivity contribution is -0.121. The van der Waals surface area contributed by atoms with Crippen LogP contribution >= 0.6 is 12.2 Å². The monoisotopic (exact) mass is 464 g/mol. The highest BCUT2D eigenvalue weighted by atomic mass is 32.1. The highest BCUT2D eigenvalue weighted by Gasteiger charge is 2.17. The molecule has 2 N–H and O–H groups in total. The summed E-state index contributed by atoms with van der Waals surface area (Å²) in [4.78, 5) is 17.5. The average Bonchev–Trinajstić information content (AvgIpc) is 3.18. The molecule has 1 amide bonds. The number of hydrogen-bond donors (Lipinski definition) is 2. The van der Waals surface area contributed by atoms with Crippen LogP contribution in [0.2, 0.25) is 0 Å². The number of aromatic amines is 1. The quantitative estimate of drug-likeness (QED) is 0.376. The van der Waals surface area contributed by atoms with Crippen LogP contribution in [0.15, 0.2) is 54.6 Å². The van der Waals surface area contributed by atoms with Crippen molar-refractivity contribution in [2.45, 2.75) is 26.4 Å². The van der Waals surface area contributed by atoms with Crippen LogP contribution in [-0.2, 0) is 17.9 Å². The van der Waals surface area contributed by atoms with Crippen LogP contribution in [0.25, 0.3) is 11.4 Å². The molecule has 0 saturated carbocycles. The number of nitrogens with one attached hydrogen (secondary N) is 2. The van der Waals surface area contributed by atoms with Gasteiger partial charge in [0.15, 0.2) is 10.6 Å². The third-order valence-corrected chi connectivity index (χ3v) is 6.34. The smallest absolute Gasteiger partial charge is 0.240 e. The first-order valence-corrected chi connectivity index (χ1v) is 12.0. The molecule has 1 aromatic heterocycles. The van der Waals surface area contributed by atoms with Gasteiger partial charge in [-0.15, -0.1) is 0 Å². The summed E-state index contributed by atoms with van der Waals surface area (Å²) in [6.07, 6.45) is 0.936. The minimum absolute atomic E-state index is 0.0471. The Hall–Kier alpha value is -2.81. The first kappa shape index (κ1) is 23.4. The van der Waals surface area contributed by atoms with Gasteiger partial charge >= 0.3 is 0 Å². The maximum atomic E-state index is 12.5.